The molecule has 0 atom stereocenters. The normalized spacial score (nSPS) is 10.6. The largest absolute Gasteiger partial charge is 0.497 e. The van der Waals surface area contributed by atoms with Crippen LogP contribution in [0.1, 0.15) is 18.1 Å². The lowest BCUT2D eigenvalue weighted by Gasteiger charge is -2.16. The van der Waals surface area contributed by atoms with Gasteiger partial charge in [0.25, 0.3) is 0 Å². The second kappa shape index (κ2) is 10.8. The van der Waals surface area contributed by atoms with Crippen molar-refractivity contribution in [1.29, 1.82) is 0 Å². The van der Waals surface area contributed by atoms with Gasteiger partial charge in [0.1, 0.15) is 12.4 Å². The van der Waals surface area contributed by atoms with E-state index in [4.69, 9.17) is 37.4 Å². The molecule has 0 amide bonds. The predicted octanol–water partition coefficient (Wildman–Crippen LogP) is 7.35. The molecular formula is C23H22BrCl2NO3. The van der Waals surface area contributed by atoms with Gasteiger partial charge in [-0.3, -0.25) is 0 Å². The highest BCUT2D eigenvalue weighted by molar-refractivity contribution is 9.10. The third-order valence-electron chi connectivity index (χ3n) is 4.42. The number of benzene rings is 3. The minimum atomic E-state index is 0.245. The van der Waals surface area contributed by atoms with Crippen LogP contribution < -0.4 is 19.5 Å². The summed E-state index contributed by atoms with van der Waals surface area (Å²) in [5, 5.41) is 4.54. The van der Waals surface area contributed by atoms with Gasteiger partial charge in [0.2, 0.25) is 0 Å². The van der Waals surface area contributed by atoms with Crippen molar-refractivity contribution >= 4 is 44.8 Å². The molecule has 3 rings (SSSR count). The molecule has 0 bridgehead atoms. The molecule has 0 radical (unpaired) electrons. The van der Waals surface area contributed by atoms with Crippen LogP contribution in [0, 0.1) is 0 Å². The number of nitrogens with one attached hydrogen (secondary N) is 1. The number of rotatable bonds is 9. The number of hydrogen-bond donors (Lipinski definition) is 1. The van der Waals surface area contributed by atoms with Crippen molar-refractivity contribution in [3.8, 4) is 17.2 Å². The van der Waals surface area contributed by atoms with E-state index in [0.717, 1.165) is 27.0 Å². The maximum atomic E-state index is 6.25. The Balaban J connectivity index is 1.75. The fraction of sp³-hybridized carbons (Fsp3) is 0.217. The van der Waals surface area contributed by atoms with Crippen molar-refractivity contribution in [3.05, 3.63) is 80.2 Å². The zero-order valence-electron chi connectivity index (χ0n) is 16.7. The molecule has 0 aliphatic carbocycles. The Bertz CT molecular complexity index is 976. The quantitative estimate of drug-likeness (QED) is 0.326. The Labute approximate surface area is 195 Å². The number of methoxy groups -OCH3 is 1. The van der Waals surface area contributed by atoms with Gasteiger partial charge in [0.05, 0.1) is 13.7 Å². The maximum Gasteiger partial charge on any atom is 0.162 e. The van der Waals surface area contributed by atoms with Crippen molar-refractivity contribution in [2.45, 2.75) is 20.1 Å². The standard InChI is InChI=1S/C23H22BrCl2NO3/c1-3-29-22-11-15(13-27-16-7-9-17(28-2)10-8-16)19(24)12-23(22)30-14-18-20(25)5-4-6-21(18)26/h4-12,27H,3,13-14H2,1-2H3. The van der Waals surface area contributed by atoms with Gasteiger partial charge < -0.3 is 19.5 Å². The molecule has 0 unspecified atom stereocenters. The first-order chi connectivity index (χ1) is 14.5. The summed E-state index contributed by atoms with van der Waals surface area (Å²) in [4.78, 5) is 0. The molecule has 7 heteroatoms. The Kier molecular flexibility index (Phi) is 8.14. The van der Waals surface area contributed by atoms with Crippen molar-refractivity contribution in [1.82, 2.24) is 0 Å². The lowest BCUT2D eigenvalue weighted by molar-refractivity contribution is 0.269. The zero-order chi connectivity index (χ0) is 21.5. The second-order valence-corrected chi connectivity index (χ2v) is 8.06. The molecule has 1 N–H and O–H groups in total. The lowest BCUT2D eigenvalue weighted by atomic mass is 10.2. The average molecular weight is 511 g/mol. The van der Waals surface area contributed by atoms with Crippen LogP contribution in [0.5, 0.6) is 17.2 Å². The molecule has 4 nitrogen and oxygen atoms in total. The third kappa shape index (κ3) is 5.75. The van der Waals surface area contributed by atoms with Crippen LogP contribution in [0.15, 0.2) is 59.1 Å². The van der Waals surface area contributed by atoms with Gasteiger partial charge in [0.15, 0.2) is 11.5 Å². The lowest BCUT2D eigenvalue weighted by Crippen LogP contribution is -2.04. The minimum Gasteiger partial charge on any atom is -0.497 e. The predicted molar refractivity (Wildman–Crippen MR) is 126 cm³/mol. The first-order valence-electron chi connectivity index (χ1n) is 9.40. The van der Waals surface area contributed by atoms with Crippen molar-refractivity contribution in [2.24, 2.45) is 0 Å². The fourth-order valence-corrected chi connectivity index (χ4v) is 3.79. The van der Waals surface area contributed by atoms with Crippen LogP contribution in [-0.4, -0.2) is 13.7 Å². The molecule has 0 aromatic heterocycles. The summed E-state index contributed by atoms with van der Waals surface area (Å²) in [6.07, 6.45) is 0. The molecule has 30 heavy (non-hydrogen) atoms. The molecule has 0 fully saturated rings. The second-order valence-electron chi connectivity index (χ2n) is 6.39. The monoisotopic (exact) mass is 509 g/mol. The Hall–Kier alpha value is -2.08. The molecule has 0 aliphatic heterocycles. The van der Waals surface area contributed by atoms with Crippen molar-refractivity contribution in [3.63, 3.8) is 0 Å². The van der Waals surface area contributed by atoms with E-state index in [1.54, 1.807) is 25.3 Å². The summed E-state index contributed by atoms with van der Waals surface area (Å²) < 4.78 is 17.9. The fourth-order valence-electron chi connectivity index (χ4n) is 2.82. The summed E-state index contributed by atoms with van der Waals surface area (Å²) in [5.41, 5.74) is 2.77. The summed E-state index contributed by atoms with van der Waals surface area (Å²) in [6.45, 7) is 3.32. The van der Waals surface area contributed by atoms with E-state index in [-0.39, 0.29) is 6.61 Å². The van der Waals surface area contributed by atoms with Gasteiger partial charge >= 0.3 is 0 Å². The highest BCUT2D eigenvalue weighted by Crippen LogP contribution is 2.36. The van der Waals surface area contributed by atoms with Gasteiger partial charge in [-0.15, -0.1) is 0 Å². The van der Waals surface area contributed by atoms with E-state index in [1.807, 2.05) is 43.3 Å². The van der Waals surface area contributed by atoms with Crippen LogP contribution in [0.3, 0.4) is 0 Å². The molecule has 0 saturated carbocycles. The summed E-state index contributed by atoms with van der Waals surface area (Å²) >= 11 is 16.1. The maximum absolute atomic E-state index is 6.25. The highest BCUT2D eigenvalue weighted by atomic mass is 79.9. The molecule has 0 saturated heterocycles. The van der Waals surface area contributed by atoms with Gasteiger partial charge in [0, 0.05) is 32.3 Å². The van der Waals surface area contributed by atoms with Crippen LogP contribution in [-0.2, 0) is 13.2 Å². The van der Waals surface area contributed by atoms with E-state index in [2.05, 4.69) is 21.2 Å². The van der Waals surface area contributed by atoms with E-state index in [9.17, 15) is 0 Å². The van der Waals surface area contributed by atoms with E-state index in [0.29, 0.717) is 34.7 Å². The number of hydrogen-bond acceptors (Lipinski definition) is 4. The van der Waals surface area contributed by atoms with Crippen LogP contribution in [0.4, 0.5) is 5.69 Å². The summed E-state index contributed by atoms with van der Waals surface area (Å²) in [5.74, 6) is 2.10. The molecule has 0 spiro atoms. The molecule has 158 valence electrons. The smallest absolute Gasteiger partial charge is 0.162 e. The van der Waals surface area contributed by atoms with E-state index >= 15 is 0 Å². The average Bonchev–Trinajstić information content (AvgIpc) is 2.74. The number of ether oxygens (including phenoxy) is 3. The molecule has 0 aliphatic rings. The van der Waals surface area contributed by atoms with Crippen LogP contribution in [0.2, 0.25) is 10.0 Å². The van der Waals surface area contributed by atoms with Gasteiger partial charge in [-0.05, 0) is 61.0 Å². The van der Waals surface area contributed by atoms with Crippen LogP contribution in [0.25, 0.3) is 0 Å². The van der Waals surface area contributed by atoms with Crippen LogP contribution >= 0.6 is 39.1 Å². The molecular weight excluding hydrogens is 489 g/mol. The first-order valence-corrected chi connectivity index (χ1v) is 11.0. The Morgan fingerprint density at radius 1 is 0.933 bits per heavy atom. The number of halogens is 3. The summed E-state index contributed by atoms with van der Waals surface area (Å²) in [6, 6.07) is 17.0. The van der Waals surface area contributed by atoms with Gasteiger partial charge in [-0.2, -0.15) is 0 Å². The summed E-state index contributed by atoms with van der Waals surface area (Å²) in [7, 11) is 1.65. The number of anilines is 1. The Morgan fingerprint density at radius 2 is 1.60 bits per heavy atom. The first kappa shape index (κ1) is 22.6. The van der Waals surface area contributed by atoms with Crippen molar-refractivity contribution in [2.75, 3.05) is 19.0 Å². The highest BCUT2D eigenvalue weighted by Gasteiger charge is 2.13. The van der Waals surface area contributed by atoms with Gasteiger partial charge in [-0.1, -0.05) is 45.2 Å². The molecule has 3 aromatic carbocycles. The van der Waals surface area contributed by atoms with E-state index in [1.165, 1.54) is 0 Å². The molecule has 0 heterocycles. The van der Waals surface area contributed by atoms with Gasteiger partial charge in [-0.25, -0.2) is 0 Å². The topological polar surface area (TPSA) is 39.7 Å². The third-order valence-corrected chi connectivity index (χ3v) is 5.87. The minimum absolute atomic E-state index is 0.245. The zero-order valence-corrected chi connectivity index (χ0v) is 19.8. The van der Waals surface area contributed by atoms with Crippen molar-refractivity contribution < 1.29 is 14.2 Å². The van der Waals surface area contributed by atoms with E-state index < -0.39 is 0 Å². The Morgan fingerprint density at radius 3 is 2.23 bits per heavy atom. The molecule has 3 aromatic rings. The SMILES string of the molecule is CCOc1cc(CNc2ccc(OC)cc2)c(Br)cc1OCc1c(Cl)cccc1Cl.